The molecule has 0 radical (unpaired) electrons. The van der Waals surface area contributed by atoms with Gasteiger partial charge in [-0.25, -0.2) is 0 Å². The Bertz CT molecular complexity index is 340. The first-order valence-electron chi connectivity index (χ1n) is 4.77. The molecule has 1 aromatic rings. The summed E-state index contributed by atoms with van der Waals surface area (Å²) < 4.78 is 5.20. The quantitative estimate of drug-likeness (QED) is 0.711. The molecule has 1 heterocycles. The van der Waals surface area contributed by atoms with E-state index in [1.54, 1.807) is 7.11 Å². The molecule has 14 heavy (non-hydrogen) atoms. The highest BCUT2D eigenvalue weighted by Crippen LogP contribution is 2.33. The Balaban J connectivity index is 2.38. The van der Waals surface area contributed by atoms with Crippen molar-refractivity contribution in [1.29, 1.82) is 0 Å². The third-order valence-electron chi connectivity index (χ3n) is 2.78. The molecule has 1 aliphatic rings. The summed E-state index contributed by atoms with van der Waals surface area (Å²) in [6.45, 7) is 1.06. The fourth-order valence-corrected chi connectivity index (χ4v) is 2.20. The van der Waals surface area contributed by atoms with E-state index >= 15 is 0 Å². The number of likely N-dealkylation sites (N-methyl/N-ethyl adjacent to an activating group) is 1. The van der Waals surface area contributed by atoms with E-state index in [1.807, 2.05) is 6.07 Å². The summed E-state index contributed by atoms with van der Waals surface area (Å²) in [5.41, 5.74) is 2.67. The third-order valence-corrected chi connectivity index (χ3v) is 3.45. The van der Waals surface area contributed by atoms with Crippen LogP contribution in [0.2, 0.25) is 0 Å². The number of methoxy groups -OCH3 is 1. The average Bonchev–Trinajstić information content (AvgIpc) is 2.23. The lowest BCUT2D eigenvalue weighted by molar-refractivity contribution is 0.305. The van der Waals surface area contributed by atoms with Crippen LogP contribution >= 0.6 is 12.6 Å². The fourth-order valence-electron chi connectivity index (χ4n) is 1.83. The van der Waals surface area contributed by atoms with Crippen LogP contribution in [-0.4, -0.2) is 25.6 Å². The zero-order chi connectivity index (χ0) is 10.1. The van der Waals surface area contributed by atoms with Crippen molar-refractivity contribution in [3.8, 4) is 5.75 Å². The molecule has 0 saturated heterocycles. The van der Waals surface area contributed by atoms with Crippen molar-refractivity contribution in [3.05, 3.63) is 29.3 Å². The monoisotopic (exact) mass is 209 g/mol. The summed E-state index contributed by atoms with van der Waals surface area (Å²) in [6.07, 6.45) is 1.08. The van der Waals surface area contributed by atoms with Gasteiger partial charge < -0.3 is 4.74 Å². The van der Waals surface area contributed by atoms with Crippen LogP contribution < -0.4 is 4.74 Å². The largest absolute Gasteiger partial charge is 0.497 e. The maximum atomic E-state index is 5.20. The van der Waals surface area contributed by atoms with Gasteiger partial charge in [0.05, 0.1) is 12.5 Å². The number of rotatable bonds is 1. The number of thiol groups is 1. The number of nitrogens with zero attached hydrogens (tertiary/aromatic N) is 1. The maximum absolute atomic E-state index is 5.20. The first kappa shape index (κ1) is 9.87. The van der Waals surface area contributed by atoms with Crippen molar-refractivity contribution in [2.45, 2.75) is 11.8 Å². The van der Waals surface area contributed by atoms with Crippen molar-refractivity contribution in [3.63, 3.8) is 0 Å². The molecule has 0 aliphatic carbocycles. The van der Waals surface area contributed by atoms with Crippen LogP contribution in [0.15, 0.2) is 18.2 Å². The maximum Gasteiger partial charge on any atom is 0.119 e. The average molecular weight is 209 g/mol. The van der Waals surface area contributed by atoms with Gasteiger partial charge in [-0.1, -0.05) is 6.07 Å². The minimum absolute atomic E-state index is 0.227. The number of benzene rings is 1. The van der Waals surface area contributed by atoms with E-state index in [0.29, 0.717) is 0 Å². The molecule has 0 aromatic heterocycles. The van der Waals surface area contributed by atoms with Crippen molar-refractivity contribution in [1.82, 2.24) is 4.90 Å². The third kappa shape index (κ3) is 1.62. The summed E-state index contributed by atoms with van der Waals surface area (Å²) in [5, 5.41) is 0.227. The van der Waals surface area contributed by atoms with Gasteiger partial charge in [-0.3, -0.25) is 4.90 Å². The van der Waals surface area contributed by atoms with Crippen molar-refractivity contribution >= 4 is 12.6 Å². The van der Waals surface area contributed by atoms with Crippen LogP contribution in [0.25, 0.3) is 0 Å². The Morgan fingerprint density at radius 2 is 2.29 bits per heavy atom. The van der Waals surface area contributed by atoms with Crippen LogP contribution in [0.5, 0.6) is 5.75 Å². The molecule has 3 heteroatoms. The molecule has 1 aliphatic heterocycles. The smallest absolute Gasteiger partial charge is 0.119 e. The Labute approximate surface area is 90.3 Å². The van der Waals surface area contributed by atoms with Gasteiger partial charge >= 0.3 is 0 Å². The molecule has 2 rings (SSSR count). The highest BCUT2D eigenvalue weighted by molar-refractivity contribution is 7.80. The van der Waals surface area contributed by atoms with E-state index in [9.17, 15) is 0 Å². The van der Waals surface area contributed by atoms with E-state index in [4.69, 9.17) is 4.74 Å². The minimum Gasteiger partial charge on any atom is -0.497 e. The second-order valence-electron chi connectivity index (χ2n) is 3.67. The number of hydrogen-bond acceptors (Lipinski definition) is 3. The molecular weight excluding hydrogens is 194 g/mol. The van der Waals surface area contributed by atoms with E-state index in [0.717, 1.165) is 18.7 Å². The zero-order valence-electron chi connectivity index (χ0n) is 8.53. The Morgan fingerprint density at radius 1 is 1.50 bits per heavy atom. The standard InChI is InChI=1S/C11H15NOS/c1-12-6-5-8-7-9(13-2)3-4-10(8)11(12)14/h3-4,7,11,14H,5-6H2,1-2H3. The van der Waals surface area contributed by atoms with Gasteiger partial charge in [-0.15, -0.1) is 0 Å². The molecule has 0 saturated carbocycles. The summed E-state index contributed by atoms with van der Waals surface area (Å²) in [7, 11) is 3.81. The van der Waals surface area contributed by atoms with Crippen LogP contribution in [-0.2, 0) is 6.42 Å². The molecule has 1 aromatic carbocycles. The molecule has 0 amide bonds. The summed E-state index contributed by atoms with van der Waals surface area (Å²) >= 11 is 4.58. The topological polar surface area (TPSA) is 12.5 Å². The highest BCUT2D eigenvalue weighted by atomic mass is 32.1. The van der Waals surface area contributed by atoms with Gasteiger partial charge in [0, 0.05) is 6.54 Å². The number of ether oxygens (including phenoxy) is 1. The fraction of sp³-hybridized carbons (Fsp3) is 0.455. The molecule has 0 spiro atoms. The minimum atomic E-state index is 0.227. The first-order chi connectivity index (χ1) is 6.72. The van der Waals surface area contributed by atoms with Gasteiger partial charge in [-0.2, -0.15) is 12.6 Å². The number of fused-ring (bicyclic) bond motifs is 1. The predicted molar refractivity (Wildman–Crippen MR) is 61.1 cm³/mol. The summed E-state index contributed by atoms with van der Waals surface area (Å²) in [4.78, 5) is 2.25. The molecule has 1 unspecified atom stereocenters. The van der Waals surface area contributed by atoms with Gasteiger partial charge in [-0.05, 0) is 36.7 Å². The van der Waals surface area contributed by atoms with Gasteiger partial charge in [0.1, 0.15) is 5.75 Å². The van der Waals surface area contributed by atoms with Crippen molar-refractivity contribution in [2.24, 2.45) is 0 Å². The molecule has 0 fully saturated rings. The van der Waals surface area contributed by atoms with Crippen LogP contribution in [0, 0.1) is 0 Å². The molecule has 2 nitrogen and oxygen atoms in total. The first-order valence-corrected chi connectivity index (χ1v) is 5.29. The van der Waals surface area contributed by atoms with Crippen LogP contribution in [0.4, 0.5) is 0 Å². The SMILES string of the molecule is COc1ccc2c(c1)CCN(C)C2S. The van der Waals surface area contributed by atoms with Gasteiger partial charge in [0.25, 0.3) is 0 Å². The van der Waals surface area contributed by atoms with E-state index in [2.05, 4.69) is 36.7 Å². The Hall–Kier alpha value is -0.670. The van der Waals surface area contributed by atoms with E-state index in [1.165, 1.54) is 11.1 Å². The second kappa shape index (κ2) is 3.83. The predicted octanol–water partition coefficient (Wildman–Crippen LogP) is 2.11. The normalized spacial score (nSPS) is 21.8. The lowest BCUT2D eigenvalue weighted by Gasteiger charge is -2.31. The number of hydrogen-bond donors (Lipinski definition) is 1. The molecule has 0 bridgehead atoms. The molecular formula is C11H15NOS. The van der Waals surface area contributed by atoms with E-state index in [-0.39, 0.29) is 5.37 Å². The van der Waals surface area contributed by atoms with Crippen molar-refractivity contribution < 1.29 is 4.74 Å². The van der Waals surface area contributed by atoms with E-state index < -0.39 is 0 Å². The van der Waals surface area contributed by atoms with Gasteiger partial charge in [0.15, 0.2) is 0 Å². The lowest BCUT2D eigenvalue weighted by Crippen LogP contribution is -2.29. The highest BCUT2D eigenvalue weighted by Gasteiger charge is 2.21. The van der Waals surface area contributed by atoms with Crippen LogP contribution in [0.1, 0.15) is 16.5 Å². The summed E-state index contributed by atoms with van der Waals surface area (Å²) in [6, 6.07) is 6.23. The molecule has 76 valence electrons. The van der Waals surface area contributed by atoms with Crippen molar-refractivity contribution in [2.75, 3.05) is 20.7 Å². The Kier molecular flexibility index (Phi) is 2.70. The second-order valence-corrected chi connectivity index (χ2v) is 4.16. The zero-order valence-corrected chi connectivity index (χ0v) is 9.42. The summed E-state index contributed by atoms with van der Waals surface area (Å²) in [5.74, 6) is 0.939. The molecule has 1 atom stereocenters. The van der Waals surface area contributed by atoms with Crippen LogP contribution in [0.3, 0.4) is 0 Å². The Morgan fingerprint density at radius 3 is 3.00 bits per heavy atom. The van der Waals surface area contributed by atoms with Gasteiger partial charge in [0.2, 0.25) is 0 Å². The lowest BCUT2D eigenvalue weighted by atomic mass is 9.99. The molecule has 0 N–H and O–H groups in total.